The quantitative estimate of drug-likeness (QED) is 0.738. The first-order valence-electron chi connectivity index (χ1n) is 5.54. The minimum Gasteiger partial charge on any atom is -0.342 e. The molecule has 0 aromatic carbocycles. The van der Waals surface area contributed by atoms with E-state index in [1.807, 2.05) is 0 Å². The van der Waals surface area contributed by atoms with Gasteiger partial charge in [0.25, 0.3) is 0 Å². The minimum absolute atomic E-state index is 0.280. The largest absolute Gasteiger partial charge is 0.342 e. The molecule has 16 heavy (non-hydrogen) atoms. The number of carbonyl (C=O) groups is 1. The highest BCUT2D eigenvalue weighted by atomic mass is 32.2. The summed E-state index contributed by atoms with van der Waals surface area (Å²) in [5, 5.41) is -0.929. The number of hydrogen-bond acceptors (Lipinski definition) is 4. The molecule has 1 rings (SSSR count). The van der Waals surface area contributed by atoms with Crippen LogP contribution in [0.4, 0.5) is 0 Å². The molecule has 0 saturated carbocycles. The first-order chi connectivity index (χ1) is 7.36. The molecule has 1 unspecified atom stereocenters. The molecule has 0 radical (unpaired) electrons. The highest BCUT2D eigenvalue weighted by molar-refractivity contribution is 7.92. The number of rotatable bonds is 3. The van der Waals surface area contributed by atoms with E-state index in [9.17, 15) is 13.2 Å². The van der Waals surface area contributed by atoms with Crippen molar-refractivity contribution in [1.29, 1.82) is 0 Å². The highest BCUT2D eigenvalue weighted by Crippen LogP contribution is 2.17. The molecule has 2 N–H and O–H groups in total. The van der Waals surface area contributed by atoms with Gasteiger partial charge in [0.2, 0.25) is 5.91 Å². The van der Waals surface area contributed by atoms with Crippen LogP contribution in [0, 0.1) is 5.92 Å². The second-order valence-electron chi connectivity index (χ2n) is 4.48. The Hall–Kier alpha value is -0.620. The molecule has 5 nitrogen and oxygen atoms in total. The van der Waals surface area contributed by atoms with Crippen LogP contribution < -0.4 is 5.73 Å². The standard InChI is InChI=1S/C10H20N2O3S/c1-8(16(2,14)15)10(13)12-5-3-9(7-11)4-6-12/h8-9H,3-7,11H2,1-2H3. The van der Waals surface area contributed by atoms with Crippen molar-refractivity contribution in [3.05, 3.63) is 0 Å². The smallest absolute Gasteiger partial charge is 0.240 e. The Labute approximate surface area is 96.9 Å². The Balaban J connectivity index is 2.57. The lowest BCUT2D eigenvalue weighted by Crippen LogP contribution is -2.46. The van der Waals surface area contributed by atoms with Crippen LogP contribution in [0.3, 0.4) is 0 Å². The molecule has 1 aliphatic rings. The SMILES string of the molecule is CC(C(=O)N1CCC(CN)CC1)S(C)(=O)=O. The fourth-order valence-corrected chi connectivity index (χ4v) is 2.34. The summed E-state index contributed by atoms with van der Waals surface area (Å²) >= 11 is 0. The summed E-state index contributed by atoms with van der Waals surface area (Å²) in [5.74, 6) is 0.190. The molecule has 1 aliphatic heterocycles. The van der Waals surface area contributed by atoms with Gasteiger partial charge in [0, 0.05) is 19.3 Å². The van der Waals surface area contributed by atoms with Gasteiger partial charge >= 0.3 is 0 Å². The van der Waals surface area contributed by atoms with Gasteiger partial charge in [-0.2, -0.15) is 0 Å². The molecule has 1 amide bonds. The van der Waals surface area contributed by atoms with Crippen LogP contribution in [0.5, 0.6) is 0 Å². The van der Waals surface area contributed by atoms with Crippen LogP contribution in [-0.2, 0) is 14.6 Å². The topological polar surface area (TPSA) is 80.5 Å². The Kier molecular flexibility index (Phi) is 4.32. The predicted molar refractivity (Wildman–Crippen MR) is 62.7 cm³/mol. The van der Waals surface area contributed by atoms with Crippen LogP contribution in [-0.4, -0.2) is 50.4 Å². The maximum absolute atomic E-state index is 11.9. The van der Waals surface area contributed by atoms with Gasteiger partial charge in [-0.25, -0.2) is 8.42 Å². The number of sulfone groups is 1. The van der Waals surface area contributed by atoms with Gasteiger partial charge in [-0.1, -0.05) is 0 Å². The van der Waals surface area contributed by atoms with Gasteiger partial charge in [-0.3, -0.25) is 4.79 Å². The molecule has 0 aliphatic carbocycles. The number of nitrogens with two attached hydrogens (primary N) is 1. The lowest BCUT2D eigenvalue weighted by Gasteiger charge is -2.32. The maximum atomic E-state index is 11.9. The van der Waals surface area contributed by atoms with E-state index in [2.05, 4.69) is 0 Å². The molecule has 1 fully saturated rings. The van der Waals surface area contributed by atoms with Crippen molar-refractivity contribution in [2.75, 3.05) is 25.9 Å². The summed E-state index contributed by atoms with van der Waals surface area (Å²) in [5.41, 5.74) is 5.55. The Bertz CT molecular complexity index is 345. The van der Waals surface area contributed by atoms with E-state index in [1.54, 1.807) is 4.90 Å². The number of likely N-dealkylation sites (tertiary alicyclic amines) is 1. The Morgan fingerprint density at radius 2 is 1.94 bits per heavy atom. The van der Waals surface area contributed by atoms with Crippen LogP contribution in [0.25, 0.3) is 0 Å². The summed E-state index contributed by atoms with van der Waals surface area (Å²) in [6.07, 6.45) is 2.85. The summed E-state index contributed by atoms with van der Waals surface area (Å²) in [7, 11) is -3.29. The van der Waals surface area contributed by atoms with Crippen molar-refractivity contribution in [2.24, 2.45) is 11.7 Å². The van der Waals surface area contributed by atoms with Crippen molar-refractivity contribution in [1.82, 2.24) is 4.90 Å². The Morgan fingerprint density at radius 1 is 1.44 bits per heavy atom. The zero-order chi connectivity index (χ0) is 12.3. The first-order valence-corrected chi connectivity index (χ1v) is 7.49. The lowest BCUT2D eigenvalue weighted by atomic mass is 9.97. The van der Waals surface area contributed by atoms with Crippen LogP contribution >= 0.6 is 0 Å². The van der Waals surface area contributed by atoms with Gasteiger partial charge in [0.05, 0.1) is 0 Å². The molecule has 0 aromatic rings. The van der Waals surface area contributed by atoms with E-state index in [-0.39, 0.29) is 5.91 Å². The lowest BCUT2D eigenvalue weighted by molar-refractivity contribution is -0.131. The zero-order valence-corrected chi connectivity index (χ0v) is 10.7. The zero-order valence-electron chi connectivity index (χ0n) is 9.85. The molecule has 0 aromatic heterocycles. The molecule has 1 saturated heterocycles. The monoisotopic (exact) mass is 248 g/mol. The van der Waals surface area contributed by atoms with Gasteiger partial charge < -0.3 is 10.6 Å². The van der Waals surface area contributed by atoms with Crippen LogP contribution in [0.15, 0.2) is 0 Å². The number of hydrogen-bond donors (Lipinski definition) is 1. The fraction of sp³-hybridized carbons (Fsp3) is 0.900. The average Bonchev–Trinajstić information content (AvgIpc) is 2.26. The van der Waals surface area contributed by atoms with Gasteiger partial charge in [0.15, 0.2) is 9.84 Å². The van der Waals surface area contributed by atoms with Gasteiger partial charge in [0.1, 0.15) is 5.25 Å². The van der Waals surface area contributed by atoms with E-state index in [1.165, 1.54) is 6.92 Å². The van der Waals surface area contributed by atoms with Crippen molar-refractivity contribution in [2.45, 2.75) is 25.0 Å². The van der Waals surface area contributed by atoms with Crippen LogP contribution in [0.1, 0.15) is 19.8 Å². The van der Waals surface area contributed by atoms with E-state index in [0.717, 1.165) is 19.1 Å². The third-order valence-electron chi connectivity index (χ3n) is 3.25. The second-order valence-corrected chi connectivity index (χ2v) is 6.84. The maximum Gasteiger partial charge on any atom is 0.240 e. The van der Waals surface area contributed by atoms with E-state index in [4.69, 9.17) is 5.73 Å². The molecule has 0 spiro atoms. The predicted octanol–water partition coefficient (Wildman–Crippen LogP) is -0.383. The van der Waals surface area contributed by atoms with E-state index < -0.39 is 15.1 Å². The van der Waals surface area contributed by atoms with Crippen LogP contribution in [0.2, 0.25) is 0 Å². The summed E-state index contributed by atoms with van der Waals surface area (Å²) < 4.78 is 22.5. The number of carbonyl (C=O) groups excluding carboxylic acids is 1. The van der Waals surface area contributed by atoms with Gasteiger partial charge in [-0.05, 0) is 32.2 Å². The molecule has 1 atom stereocenters. The Morgan fingerprint density at radius 3 is 2.31 bits per heavy atom. The van der Waals surface area contributed by atoms with E-state index >= 15 is 0 Å². The molecule has 1 heterocycles. The van der Waals surface area contributed by atoms with Crippen molar-refractivity contribution in [3.63, 3.8) is 0 Å². The van der Waals surface area contributed by atoms with Crippen molar-refractivity contribution < 1.29 is 13.2 Å². The molecule has 6 heteroatoms. The normalized spacial score (nSPS) is 20.8. The second kappa shape index (κ2) is 5.14. The summed E-state index contributed by atoms with van der Waals surface area (Å²) in [6, 6.07) is 0. The number of nitrogens with zero attached hydrogens (tertiary/aromatic N) is 1. The number of piperidine rings is 1. The van der Waals surface area contributed by atoms with Crippen molar-refractivity contribution >= 4 is 15.7 Å². The molecule has 0 bridgehead atoms. The first kappa shape index (κ1) is 13.4. The molecular weight excluding hydrogens is 228 g/mol. The summed E-state index contributed by atoms with van der Waals surface area (Å²) in [4.78, 5) is 13.5. The molecular formula is C10H20N2O3S. The third kappa shape index (κ3) is 3.18. The van der Waals surface area contributed by atoms with Crippen molar-refractivity contribution in [3.8, 4) is 0 Å². The number of amides is 1. The minimum atomic E-state index is -3.29. The summed E-state index contributed by atoms with van der Waals surface area (Å²) in [6.45, 7) is 3.34. The fourth-order valence-electron chi connectivity index (χ4n) is 1.83. The average molecular weight is 248 g/mol. The third-order valence-corrected chi connectivity index (χ3v) is 4.74. The van der Waals surface area contributed by atoms with Gasteiger partial charge in [-0.15, -0.1) is 0 Å². The molecule has 94 valence electrons. The highest BCUT2D eigenvalue weighted by Gasteiger charge is 2.30. The van der Waals surface area contributed by atoms with E-state index in [0.29, 0.717) is 25.6 Å².